The van der Waals surface area contributed by atoms with Crippen LogP contribution in [0.4, 0.5) is 0 Å². The molecular weight excluding hydrogens is 230 g/mol. The first-order chi connectivity index (χ1) is 8.42. The summed E-state index contributed by atoms with van der Waals surface area (Å²) in [5.74, 6) is 0.738. The second-order valence-corrected chi connectivity index (χ2v) is 4.88. The maximum Gasteiger partial charge on any atom is 0.0548 e. The lowest BCUT2D eigenvalue weighted by molar-refractivity contribution is 0.322. The number of pyridine rings is 1. The molecule has 0 bridgehead atoms. The van der Waals surface area contributed by atoms with Gasteiger partial charge in [-0.2, -0.15) is 0 Å². The Labute approximate surface area is 106 Å². The van der Waals surface area contributed by atoms with Crippen molar-refractivity contribution in [3.05, 3.63) is 66.0 Å². The zero-order chi connectivity index (χ0) is 11.9. The maximum absolute atomic E-state index is 8.98. The SMILES string of the molecule is OCCSC(c1ccccc1)c1ccncc1. The quantitative estimate of drug-likeness (QED) is 0.879. The van der Waals surface area contributed by atoms with Crippen LogP contribution < -0.4 is 0 Å². The monoisotopic (exact) mass is 245 g/mol. The van der Waals surface area contributed by atoms with Crippen molar-refractivity contribution < 1.29 is 5.11 Å². The lowest BCUT2D eigenvalue weighted by atomic mass is 10.1. The largest absolute Gasteiger partial charge is 0.396 e. The van der Waals surface area contributed by atoms with Crippen LogP contribution in [0.1, 0.15) is 16.4 Å². The van der Waals surface area contributed by atoms with Crippen molar-refractivity contribution in [3.8, 4) is 0 Å². The van der Waals surface area contributed by atoms with Gasteiger partial charge in [-0.3, -0.25) is 4.98 Å². The molecule has 0 spiro atoms. The van der Waals surface area contributed by atoms with Crippen molar-refractivity contribution in [3.63, 3.8) is 0 Å². The summed E-state index contributed by atoms with van der Waals surface area (Å²) in [5, 5.41) is 9.25. The third kappa shape index (κ3) is 3.32. The number of thioether (sulfide) groups is 1. The number of aliphatic hydroxyl groups excluding tert-OH is 1. The van der Waals surface area contributed by atoms with E-state index in [4.69, 9.17) is 5.11 Å². The smallest absolute Gasteiger partial charge is 0.0548 e. The summed E-state index contributed by atoms with van der Waals surface area (Å²) in [6.07, 6.45) is 3.62. The highest BCUT2D eigenvalue weighted by Crippen LogP contribution is 2.34. The lowest BCUT2D eigenvalue weighted by Crippen LogP contribution is -1.99. The molecule has 2 aromatic rings. The number of rotatable bonds is 5. The Kier molecular flexibility index (Phi) is 4.59. The van der Waals surface area contributed by atoms with Gasteiger partial charge in [0.1, 0.15) is 0 Å². The summed E-state index contributed by atoms with van der Waals surface area (Å²) >= 11 is 1.75. The highest BCUT2D eigenvalue weighted by molar-refractivity contribution is 7.99. The molecule has 88 valence electrons. The number of aliphatic hydroxyl groups is 1. The molecule has 1 heterocycles. The fraction of sp³-hybridized carbons (Fsp3) is 0.214. The molecule has 0 amide bonds. The van der Waals surface area contributed by atoms with E-state index in [1.807, 2.05) is 42.7 Å². The molecule has 0 aliphatic rings. The second-order valence-electron chi connectivity index (χ2n) is 3.67. The van der Waals surface area contributed by atoms with E-state index < -0.39 is 0 Å². The molecule has 0 fully saturated rings. The van der Waals surface area contributed by atoms with Gasteiger partial charge in [0.25, 0.3) is 0 Å². The van der Waals surface area contributed by atoms with Crippen LogP contribution in [-0.2, 0) is 0 Å². The zero-order valence-electron chi connectivity index (χ0n) is 9.49. The Balaban J connectivity index is 2.26. The molecule has 1 unspecified atom stereocenters. The number of aromatic nitrogens is 1. The Morgan fingerprint density at radius 3 is 2.29 bits per heavy atom. The fourth-order valence-electron chi connectivity index (χ4n) is 1.72. The normalized spacial score (nSPS) is 12.3. The van der Waals surface area contributed by atoms with Gasteiger partial charge >= 0.3 is 0 Å². The molecule has 2 nitrogen and oxygen atoms in total. The van der Waals surface area contributed by atoms with Gasteiger partial charge in [-0.05, 0) is 23.3 Å². The first kappa shape index (κ1) is 12.1. The second kappa shape index (κ2) is 6.42. The molecule has 0 aliphatic carbocycles. The minimum Gasteiger partial charge on any atom is -0.396 e. The lowest BCUT2D eigenvalue weighted by Gasteiger charge is -2.16. The topological polar surface area (TPSA) is 33.1 Å². The molecule has 1 aromatic heterocycles. The van der Waals surface area contributed by atoms with Crippen molar-refractivity contribution in [1.29, 1.82) is 0 Å². The highest BCUT2D eigenvalue weighted by atomic mass is 32.2. The third-order valence-corrected chi connectivity index (χ3v) is 3.78. The fourth-order valence-corrected chi connectivity index (χ4v) is 2.76. The molecular formula is C14H15NOS. The first-order valence-corrected chi connectivity index (χ1v) is 6.64. The van der Waals surface area contributed by atoms with Gasteiger partial charge in [0.2, 0.25) is 0 Å². The zero-order valence-corrected chi connectivity index (χ0v) is 10.3. The minimum atomic E-state index is 0.207. The Morgan fingerprint density at radius 1 is 1.00 bits per heavy atom. The van der Waals surface area contributed by atoms with Crippen LogP contribution in [0.3, 0.4) is 0 Å². The van der Waals surface area contributed by atoms with E-state index in [0.717, 1.165) is 5.75 Å². The van der Waals surface area contributed by atoms with E-state index in [-0.39, 0.29) is 11.9 Å². The van der Waals surface area contributed by atoms with E-state index in [9.17, 15) is 0 Å². The van der Waals surface area contributed by atoms with Crippen LogP contribution in [0.5, 0.6) is 0 Å². The summed E-state index contributed by atoms with van der Waals surface area (Å²) in [4.78, 5) is 4.04. The molecule has 0 saturated carbocycles. The van der Waals surface area contributed by atoms with Crippen molar-refractivity contribution in [2.24, 2.45) is 0 Å². The molecule has 0 aliphatic heterocycles. The third-order valence-electron chi connectivity index (χ3n) is 2.49. The van der Waals surface area contributed by atoms with E-state index in [2.05, 4.69) is 17.1 Å². The predicted molar refractivity (Wildman–Crippen MR) is 72.1 cm³/mol. The van der Waals surface area contributed by atoms with Crippen LogP contribution in [0.15, 0.2) is 54.9 Å². The van der Waals surface area contributed by atoms with E-state index >= 15 is 0 Å². The molecule has 0 saturated heterocycles. The first-order valence-electron chi connectivity index (χ1n) is 5.59. The summed E-state index contributed by atoms with van der Waals surface area (Å²) in [6.45, 7) is 0.207. The molecule has 0 radical (unpaired) electrons. The van der Waals surface area contributed by atoms with E-state index in [0.29, 0.717) is 0 Å². The van der Waals surface area contributed by atoms with Crippen molar-refractivity contribution in [2.75, 3.05) is 12.4 Å². The molecule has 2 rings (SSSR count). The van der Waals surface area contributed by atoms with Gasteiger partial charge in [-0.1, -0.05) is 30.3 Å². The van der Waals surface area contributed by atoms with Gasteiger partial charge in [0.05, 0.1) is 11.9 Å². The Bertz CT molecular complexity index is 393. The summed E-state index contributed by atoms with van der Waals surface area (Å²) in [5.41, 5.74) is 2.49. The van der Waals surface area contributed by atoms with Crippen molar-refractivity contribution >= 4 is 11.8 Å². The van der Waals surface area contributed by atoms with Gasteiger partial charge in [-0.15, -0.1) is 11.8 Å². The van der Waals surface area contributed by atoms with Gasteiger partial charge in [0.15, 0.2) is 0 Å². The number of benzene rings is 1. The van der Waals surface area contributed by atoms with Crippen LogP contribution >= 0.6 is 11.8 Å². The molecule has 1 atom stereocenters. The summed E-state index contributed by atoms with van der Waals surface area (Å²) in [6, 6.07) is 14.4. The van der Waals surface area contributed by atoms with Crippen LogP contribution in [-0.4, -0.2) is 22.5 Å². The van der Waals surface area contributed by atoms with Gasteiger partial charge < -0.3 is 5.11 Å². The number of hydrogen-bond donors (Lipinski definition) is 1. The minimum absolute atomic E-state index is 0.207. The maximum atomic E-state index is 8.98. The highest BCUT2D eigenvalue weighted by Gasteiger charge is 2.13. The standard InChI is InChI=1S/C14H15NOS/c16-10-11-17-14(12-4-2-1-3-5-12)13-6-8-15-9-7-13/h1-9,14,16H,10-11H2. The Hall–Kier alpha value is -1.32. The predicted octanol–water partition coefficient (Wildman–Crippen LogP) is 2.90. The molecule has 3 heteroatoms. The van der Waals surface area contributed by atoms with Gasteiger partial charge in [0, 0.05) is 18.1 Å². The van der Waals surface area contributed by atoms with Crippen molar-refractivity contribution in [1.82, 2.24) is 4.98 Å². The van der Waals surface area contributed by atoms with Crippen LogP contribution in [0, 0.1) is 0 Å². The average molecular weight is 245 g/mol. The van der Waals surface area contributed by atoms with Crippen LogP contribution in [0.25, 0.3) is 0 Å². The summed E-state index contributed by atoms with van der Waals surface area (Å²) < 4.78 is 0. The van der Waals surface area contributed by atoms with Crippen molar-refractivity contribution in [2.45, 2.75) is 5.25 Å². The van der Waals surface area contributed by atoms with Gasteiger partial charge in [-0.25, -0.2) is 0 Å². The summed E-state index contributed by atoms with van der Waals surface area (Å²) in [7, 11) is 0. The Morgan fingerprint density at radius 2 is 1.65 bits per heavy atom. The average Bonchev–Trinajstić information content (AvgIpc) is 2.42. The van der Waals surface area contributed by atoms with E-state index in [1.165, 1.54) is 11.1 Å². The van der Waals surface area contributed by atoms with E-state index in [1.54, 1.807) is 11.8 Å². The molecule has 17 heavy (non-hydrogen) atoms. The number of hydrogen-bond acceptors (Lipinski definition) is 3. The molecule has 1 aromatic carbocycles. The molecule has 1 N–H and O–H groups in total. The number of nitrogens with zero attached hydrogens (tertiary/aromatic N) is 1. The van der Waals surface area contributed by atoms with Crippen LogP contribution in [0.2, 0.25) is 0 Å².